The van der Waals surface area contributed by atoms with Gasteiger partial charge in [0.15, 0.2) is 6.10 Å². The van der Waals surface area contributed by atoms with Gasteiger partial charge < -0.3 is 15.2 Å². The second kappa shape index (κ2) is 9.11. The van der Waals surface area contributed by atoms with Gasteiger partial charge >= 0.3 is 5.97 Å². The number of non-ortho nitro benzene ring substituents is 1. The summed E-state index contributed by atoms with van der Waals surface area (Å²) in [5.41, 5.74) is 0.122. The third kappa shape index (κ3) is 5.25. The molecule has 0 aromatic heterocycles. The van der Waals surface area contributed by atoms with E-state index >= 15 is 0 Å². The van der Waals surface area contributed by atoms with Crippen LogP contribution in [0.1, 0.15) is 27.6 Å². The molecule has 2 N–H and O–H groups in total. The van der Waals surface area contributed by atoms with Crippen molar-refractivity contribution in [3.63, 3.8) is 0 Å². The number of ketones is 1. The van der Waals surface area contributed by atoms with Gasteiger partial charge in [0.05, 0.1) is 17.1 Å². The third-order valence-electron chi connectivity index (χ3n) is 3.62. The summed E-state index contributed by atoms with van der Waals surface area (Å²) in [5, 5.41) is 23.0. The lowest BCUT2D eigenvalue weighted by molar-refractivity contribution is -0.384. The van der Waals surface area contributed by atoms with Gasteiger partial charge in [-0.3, -0.25) is 14.9 Å². The number of rotatable bonds is 8. The van der Waals surface area contributed by atoms with Crippen molar-refractivity contribution >= 4 is 34.7 Å². The van der Waals surface area contributed by atoms with Gasteiger partial charge in [-0.25, -0.2) is 4.79 Å². The van der Waals surface area contributed by atoms with Crippen LogP contribution in [0.5, 0.6) is 0 Å². The van der Waals surface area contributed by atoms with Crippen LogP contribution >= 0.6 is 11.6 Å². The molecule has 1 atom stereocenters. The van der Waals surface area contributed by atoms with Crippen molar-refractivity contribution in [2.24, 2.45) is 0 Å². The first-order valence-corrected chi connectivity index (χ1v) is 8.35. The molecule has 0 heterocycles. The fraction of sp³-hybridized carbons (Fsp3) is 0.222. The Hall–Kier alpha value is -2.97. The van der Waals surface area contributed by atoms with Crippen molar-refractivity contribution in [3.05, 3.63) is 68.7 Å². The van der Waals surface area contributed by atoms with Crippen molar-refractivity contribution in [2.45, 2.75) is 13.0 Å². The number of halogens is 1. The van der Waals surface area contributed by atoms with Gasteiger partial charge in [-0.05, 0) is 25.1 Å². The molecule has 9 heteroatoms. The summed E-state index contributed by atoms with van der Waals surface area (Å²) in [6.45, 7) is 1.34. The highest BCUT2D eigenvalue weighted by Crippen LogP contribution is 2.24. The number of hydrogen-bond acceptors (Lipinski definition) is 7. The summed E-state index contributed by atoms with van der Waals surface area (Å²) in [4.78, 5) is 35.2. The number of nitro benzene ring substituents is 1. The van der Waals surface area contributed by atoms with Crippen molar-refractivity contribution in [1.82, 2.24) is 0 Å². The Morgan fingerprint density at radius 3 is 2.67 bits per heavy atom. The smallest absolute Gasteiger partial charge is 0.341 e. The summed E-state index contributed by atoms with van der Waals surface area (Å²) >= 11 is 5.86. The van der Waals surface area contributed by atoms with Gasteiger partial charge in [-0.15, -0.1) is 0 Å². The van der Waals surface area contributed by atoms with E-state index in [0.717, 1.165) is 6.07 Å². The second-order valence-electron chi connectivity index (χ2n) is 5.56. The van der Waals surface area contributed by atoms with Gasteiger partial charge in [0, 0.05) is 35.0 Å². The van der Waals surface area contributed by atoms with E-state index in [4.69, 9.17) is 21.4 Å². The van der Waals surface area contributed by atoms with Crippen molar-refractivity contribution in [3.8, 4) is 0 Å². The van der Waals surface area contributed by atoms with Crippen LogP contribution in [-0.2, 0) is 4.74 Å². The van der Waals surface area contributed by atoms with Crippen LogP contribution in [0.25, 0.3) is 0 Å². The van der Waals surface area contributed by atoms with E-state index in [1.165, 1.54) is 25.1 Å². The normalized spacial score (nSPS) is 11.5. The average molecular weight is 393 g/mol. The van der Waals surface area contributed by atoms with Crippen molar-refractivity contribution in [1.29, 1.82) is 0 Å². The van der Waals surface area contributed by atoms with Gasteiger partial charge in [0.2, 0.25) is 5.78 Å². The maximum atomic E-state index is 12.5. The van der Waals surface area contributed by atoms with Crippen LogP contribution in [0, 0.1) is 10.1 Å². The molecule has 0 aliphatic rings. The lowest BCUT2D eigenvalue weighted by atomic mass is 10.1. The van der Waals surface area contributed by atoms with Crippen LogP contribution in [0.2, 0.25) is 5.02 Å². The zero-order valence-electron chi connectivity index (χ0n) is 14.3. The molecule has 0 spiro atoms. The number of anilines is 1. The van der Waals surface area contributed by atoms with Crippen LogP contribution < -0.4 is 5.32 Å². The Bertz CT molecular complexity index is 871. The van der Waals surface area contributed by atoms with Gasteiger partial charge in [-0.1, -0.05) is 23.7 Å². The Morgan fingerprint density at radius 2 is 2.04 bits per heavy atom. The van der Waals surface area contributed by atoms with Crippen molar-refractivity contribution in [2.75, 3.05) is 18.5 Å². The van der Waals surface area contributed by atoms with Gasteiger partial charge in [-0.2, -0.15) is 0 Å². The Kier molecular flexibility index (Phi) is 6.86. The van der Waals surface area contributed by atoms with E-state index in [1.54, 1.807) is 18.2 Å². The predicted molar refractivity (Wildman–Crippen MR) is 99.3 cm³/mol. The topological polar surface area (TPSA) is 119 Å². The number of esters is 1. The van der Waals surface area contributed by atoms with Gasteiger partial charge in [0.1, 0.15) is 0 Å². The highest BCUT2D eigenvalue weighted by Gasteiger charge is 2.24. The molecule has 0 bridgehead atoms. The lowest BCUT2D eigenvalue weighted by Gasteiger charge is -2.15. The van der Waals surface area contributed by atoms with E-state index in [0.29, 0.717) is 5.02 Å². The number of carbonyl (C=O) groups is 2. The quantitative estimate of drug-likeness (QED) is 0.306. The zero-order valence-corrected chi connectivity index (χ0v) is 15.1. The number of nitrogens with one attached hydrogen (secondary N) is 1. The molecular weight excluding hydrogens is 376 g/mol. The van der Waals surface area contributed by atoms with Crippen molar-refractivity contribution < 1.29 is 24.4 Å². The summed E-state index contributed by atoms with van der Waals surface area (Å²) in [6, 6.07) is 9.82. The molecule has 0 saturated carbocycles. The minimum atomic E-state index is -1.12. The van der Waals surface area contributed by atoms with E-state index in [2.05, 4.69) is 5.32 Å². The number of hydrogen-bond donors (Lipinski definition) is 2. The predicted octanol–water partition coefficient (Wildman–Crippen LogP) is 3.08. The lowest BCUT2D eigenvalue weighted by Crippen LogP contribution is -2.25. The van der Waals surface area contributed by atoms with Crippen LogP contribution in [-0.4, -0.2) is 41.0 Å². The second-order valence-corrected chi connectivity index (χ2v) is 6.00. The number of nitrogens with zero attached hydrogens (tertiary/aromatic N) is 1. The van der Waals surface area contributed by atoms with E-state index in [1.807, 2.05) is 0 Å². The number of ether oxygens (including phenoxy) is 1. The molecule has 0 saturated heterocycles. The maximum Gasteiger partial charge on any atom is 0.341 e. The summed E-state index contributed by atoms with van der Waals surface area (Å²) in [7, 11) is 0. The monoisotopic (exact) mass is 392 g/mol. The molecule has 1 unspecified atom stereocenters. The van der Waals surface area contributed by atoms with E-state index in [9.17, 15) is 19.7 Å². The fourth-order valence-electron chi connectivity index (χ4n) is 2.31. The Labute approximate surface area is 159 Å². The molecule has 0 aliphatic carbocycles. The standard InChI is InChI=1S/C18H17ClN2O6/c1-11(17(23)12-3-2-4-13(19)9-12)27-18(24)15-10-14(21(25)26)5-6-16(15)20-7-8-22/h2-6,9-11,20,22H,7-8H2,1H3. The third-order valence-corrected chi connectivity index (χ3v) is 3.86. The SMILES string of the molecule is CC(OC(=O)c1cc([N+](=O)[O-])ccc1NCCO)C(=O)c1cccc(Cl)c1. The summed E-state index contributed by atoms with van der Waals surface area (Å²) in [6.07, 6.45) is -1.12. The zero-order chi connectivity index (χ0) is 20.0. The number of Topliss-reactive ketones (excluding diaryl/α,β-unsaturated/α-hetero) is 1. The molecular formula is C18H17ClN2O6. The molecule has 8 nitrogen and oxygen atoms in total. The highest BCUT2D eigenvalue weighted by atomic mass is 35.5. The molecule has 142 valence electrons. The number of aliphatic hydroxyl groups excluding tert-OH is 1. The minimum Gasteiger partial charge on any atom is -0.451 e. The Balaban J connectivity index is 2.23. The summed E-state index contributed by atoms with van der Waals surface area (Å²) < 4.78 is 5.19. The van der Waals surface area contributed by atoms with Crippen LogP contribution in [0.15, 0.2) is 42.5 Å². The molecule has 0 aliphatic heterocycles. The number of nitro groups is 1. The summed E-state index contributed by atoms with van der Waals surface area (Å²) in [5.74, 6) is -1.36. The number of aliphatic hydroxyl groups is 1. The first-order valence-electron chi connectivity index (χ1n) is 7.97. The first kappa shape index (κ1) is 20.3. The molecule has 0 radical (unpaired) electrons. The van der Waals surface area contributed by atoms with E-state index < -0.39 is 22.8 Å². The molecule has 2 aromatic carbocycles. The van der Waals surface area contributed by atoms with Gasteiger partial charge in [0.25, 0.3) is 5.69 Å². The molecule has 0 fully saturated rings. The highest BCUT2D eigenvalue weighted by molar-refractivity contribution is 6.31. The first-order chi connectivity index (χ1) is 12.8. The van der Waals surface area contributed by atoms with E-state index in [-0.39, 0.29) is 35.7 Å². The minimum absolute atomic E-state index is 0.108. The molecule has 0 amide bonds. The van der Waals surface area contributed by atoms with Crippen LogP contribution in [0.3, 0.4) is 0 Å². The Morgan fingerprint density at radius 1 is 1.30 bits per heavy atom. The number of benzene rings is 2. The largest absolute Gasteiger partial charge is 0.451 e. The average Bonchev–Trinajstić information content (AvgIpc) is 2.65. The van der Waals surface area contributed by atoms with Crippen LogP contribution in [0.4, 0.5) is 11.4 Å². The molecule has 2 rings (SSSR count). The molecule has 2 aromatic rings. The fourth-order valence-corrected chi connectivity index (χ4v) is 2.50. The number of carbonyl (C=O) groups excluding carboxylic acids is 2. The molecule has 27 heavy (non-hydrogen) atoms. The maximum absolute atomic E-state index is 12.5.